The average Bonchev–Trinajstić information content (AvgIpc) is 2.78. The van der Waals surface area contributed by atoms with E-state index in [0.29, 0.717) is 17.9 Å². The maximum Gasteiger partial charge on any atom is 0.374 e. The Morgan fingerprint density at radius 2 is 1.74 bits per heavy atom. The van der Waals surface area contributed by atoms with Crippen molar-refractivity contribution in [3.63, 3.8) is 0 Å². The summed E-state index contributed by atoms with van der Waals surface area (Å²) in [5.74, 6) is -0.661. The predicted molar refractivity (Wildman–Crippen MR) is 132 cm³/mol. The summed E-state index contributed by atoms with van der Waals surface area (Å²) in [7, 11) is 0. The molecule has 3 aromatic rings. The number of para-hydroxylation sites is 1. The monoisotopic (exact) mass is 465 g/mol. The second kappa shape index (κ2) is 11.0. The molecule has 180 valence electrons. The first kappa shape index (κ1) is 25.0. The van der Waals surface area contributed by atoms with Gasteiger partial charge in [-0.25, -0.2) is 4.79 Å². The third-order valence-electron chi connectivity index (χ3n) is 4.99. The molecule has 0 fully saturated rings. The van der Waals surface area contributed by atoms with E-state index in [4.69, 9.17) is 13.9 Å². The first-order valence-electron chi connectivity index (χ1n) is 11.5. The van der Waals surface area contributed by atoms with Gasteiger partial charge in [0, 0.05) is 11.6 Å². The van der Waals surface area contributed by atoms with E-state index in [1.165, 1.54) is 12.8 Å². The highest BCUT2D eigenvalue weighted by molar-refractivity contribution is 6.08. The number of rotatable bonds is 9. The SMILES string of the molecule is CCCCCCOc1ccc(C(=O)Nc2cccc3c(=O)cc(C(=O)OC(C)(C)C)oc23)cc1. The van der Waals surface area contributed by atoms with Gasteiger partial charge in [0.2, 0.25) is 5.76 Å². The van der Waals surface area contributed by atoms with Crippen LogP contribution in [0.5, 0.6) is 5.75 Å². The molecule has 1 N–H and O–H groups in total. The first-order chi connectivity index (χ1) is 16.2. The fourth-order valence-electron chi connectivity index (χ4n) is 3.32. The number of benzene rings is 2. The lowest BCUT2D eigenvalue weighted by molar-refractivity contribution is 0.00364. The Morgan fingerprint density at radius 1 is 1.00 bits per heavy atom. The number of carbonyl (C=O) groups is 2. The van der Waals surface area contributed by atoms with Gasteiger partial charge in [-0.2, -0.15) is 0 Å². The van der Waals surface area contributed by atoms with Crippen LogP contribution in [-0.2, 0) is 4.74 Å². The number of nitrogens with one attached hydrogen (secondary N) is 1. The minimum absolute atomic E-state index is 0.108. The van der Waals surface area contributed by atoms with Gasteiger partial charge < -0.3 is 19.2 Å². The van der Waals surface area contributed by atoms with Crippen molar-refractivity contribution >= 4 is 28.5 Å². The molecule has 0 aliphatic rings. The van der Waals surface area contributed by atoms with Crippen LogP contribution in [-0.4, -0.2) is 24.1 Å². The molecule has 2 aromatic carbocycles. The van der Waals surface area contributed by atoms with E-state index in [1.54, 1.807) is 63.2 Å². The predicted octanol–water partition coefficient (Wildman–Crippen LogP) is 5.96. The van der Waals surface area contributed by atoms with Crippen LogP contribution in [0, 0.1) is 0 Å². The van der Waals surface area contributed by atoms with Crippen molar-refractivity contribution in [2.24, 2.45) is 0 Å². The van der Waals surface area contributed by atoms with E-state index >= 15 is 0 Å². The normalized spacial score (nSPS) is 11.3. The van der Waals surface area contributed by atoms with Crippen molar-refractivity contribution in [2.45, 2.75) is 59.0 Å². The Labute approximate surface area is 199 Å². The van der Waals surface area contributed by atoms with Gasteiger partial charge in [0.25, 0.3) is 5.91 Å². The Kier molecular flexibility index (Phi) is 8.10. The summed E-state index contributed by atoms with van der Waals surface area (Å²) in [6.45, 7) is 7.96. The minimum Gasteiger partial charge on any atom is -0.494 e. The maximum atomic E-state index is 12.8. The van der Waals surface area contributed by atoms with Crippen LogP contribution in [0.15, 0.2) is 57.7 Å². The fraction of sp³-hybridized carbons (Fsp3) is 0.370. The molecule has 1 heterocycles. The lowest BCUT2D eigenvalue weighted by Crippen LogP contribution is -2.24. The lowest BCUT2D eigenvalue weighted by atomic mass is 10.1. The zero-order valence-corrected chi connectivity index (χ0v) is 20.1. The molecule has 7 heteroatoms. The van der Waals surface area contributed by atoms with E-state index in [-0.39, 0.29) is 28.3 Å². The van der Waals surface area contributed by atoms with Gasteiger partial charge in [-0.15, -0.1) is 0 Å². The van der Waals surface area contributed by atoms with Crippen molar-refractivity contribution in [1.82, 2.24) is 0 Å². The Balaban J connectivity index is 1.77. The number of carbonyl (C=O) groups excluding carboxylic acids is 2. The zero-order chi connectivity index (χ0) is 24.7. The van der Waals surface area contributed by atoms with Gasteiger partial charge >= 0.3 is 5.97 Å². The van der Waals surface area contributed by atoms with E-state index in [2.05, 4.69) is 12.2 Å². The summed E-state index contributed by atoms with van der Waals surface area (Å²) in [5, 5.41) is 3.01. The average molecular weight is 466 g/mol. The second-order valence-corrected chi connectivity index (χ2v) is 9.05. The number of amides is 1. The number of anilines is 1. The van der Waals surface area contributed by atoms with Crippen LogP contribution < -0.4 is 15.5 Å². The van der Waals surface area contributed by atoms with E-state index in [9.17, 15) is 14.4 Å². The summed E-state index contributed by atoms with van der Waals surface area (Å²) in [6, 6.07) is 12.8. The number of hydrogen-bond donors (Lipinski definition) is 1. The molecular formula is C27H31NO6. The summed E-state index contributed by atoms with van der Waals surface area (Å²) in [6.07, 6.45) is 4.49. The van der Waals surface area contributed by atoms with Crippen LogP contribution in [0.4, 0.5) is 5.69 Å². The van der Waals surface area contributed by atoms with Crippen LogP contribution in [0.1, 0.15) is 74.3 Å². The van der Waals surface area contributed by atoms with Gasteiger partial charge in [0.15, 0.2) is 11.0 Å². The maximum absolute atomic E-state index is 12.8. The third kappa shape index (κ3) is 6.70. The zero-order valence-electron chi connectivity index (χ0n) is 20.1. The summed E-state index contributed by atoms with van der Waals surface area (Å²) >= 11 is 0. The molecule has 0 saturated carbocycles. The van der Waals surface area contributed by atoms with Crippen LogP contribution >= 0.6 is 0 Å². The summed E-state index contributed by atoms with van der Waals surface area (Å²) in [5.41, 5.74) is -0.346. The third-order valence-corrected chi connectivity index (χ3v) is 4.99. The van der Waals surface area contributed by atoms with Crippen molar-refractivity contribution in [2.75, 3.05) is 11.9 Å². The van der Waals surface area contributed by atoms with Crippen LogP contribution in [0.25, 0.3) is 11.0 Å². The number of unbranched alkanes of at least 4 members (excludes halogenated alkanes) is 3. The molecule has 0 aliphatic heterocycles. The highest BCUT2D eigenvalue weighted by atomic mass is 16.6. The van der Waals surface area contributed by atoms with Gasteiger partial charge in [-0.3, -0.25) is 9.59 Å². The standard InChI is InChI=1S/C27H31NO6/c1-5-6-7-8-16-32-19-14-12-18(13-15-19)25(30)28-21-11-9-10-20-22(29)17-23(33-24(20)21)26(31)34-27(2,3)4/h9-15,17H,5-8,16H2,1-4H3,(H,28,30). The second-order valence-electron chi connectivity index (χ2n) is 9.05. The molecule has 0 bridgehead atoms. The number of hydrogen-bond acceptors (Lipinski definition) is 6. The summed E-state index contributed by atoms with van der Waals surface area (Å²) in [4.78, 5) is 37.8. The minimum atomic E-state index is -0.752. The lowest BCUT2D eigenvalue weighted by Gasteiger charge is -2.19. The van der Waals surface area contributed by atoms with Crippen molar-refractivity contribution < 1.29 is 23.5 Å². The van der Waals surface area contributed by atoms with Gasteiger partial charge in [0.1, 0.15) is 11.4 Å². The van der Waals surface area contributed by atoms with Crippen LogP contribution in [0.2, 0.25) is 0 Å². The number of esters is 1. The quantitative estimate of drug-likeness (QED) is 0.309. The smallest absolute Gasteiger partial charge is 0.374 e. The number of fused-ring (bicyclic) bond motifs is 1. The molecule has 0 saturated heterocycles. The molecule has 1 aromatic heterocycles. The molecule has 0 radical (unpaired) electrons. The molecule has 0 unspecified atom stereocenters. The molecule has 1 amide bonds. The Hall–Kier alpha value is -3.61. The largest absolute Gasteiger partial charge is 0.494 e. The molecule has 7 nitrogen and oxygen atoms in total. The van der Waals surface area contributed by atoms with E-state index in [0.717, 1.165) is 18.9 Å². The van der Waals surface area contributed by atoms with E-state index in [1.807, 2.05) is 0 Å². The van der Waals surface area contributed by atoms with Crippen molar-refractivity contribution in [3.05, 3.63) is 70.1 Å². The molecule has 0 spiro atoms. The molecule has 3 rings (SSSR count). The van der Waals surface area contributed by atoms with Gasteiger partial charge in [0.05, 0.1) is 17.7 Å². The van der Waals surface area contributed by atoms with Gasteiger partial charge in [-0.1, -0.05) is 32.3 Å². The number of ether oxygens (including phenoxy) is 2. The Morgan fingerprint density at radius 3 is 2.41 bits per heavy atom. The Bertz CT molecular complexity index is 1200. The van der Waals surface area contributed by atoms with E-state index < -0.39 is 17.0 Å². The molecule has 0 aliphatic carbocycles. The van der Waals surface area contributed by atoms with Gasteiger partial charge in [-0.05, 0) is 63.6 Å². The highest BCUT2D eigenvalue weighted by Gasteiger charge is 2.22. The molecular weight excluding hydrogens is 434 g/mol. The highest BCUT2D eigenvalue weighted by Crippen LogP contribution is 2.24. The van der Waals surface area contributed by atoms with Crippen molar-refractivity contribution in [1.29, 1.82) is 0 Å². The van der Waals surface area contributed by atoms with Crippen molar-refractivity contribution in [3.8, 4) is 5.75 Å². The van der Waals surface area contributed by atoms with Crippen LogP contribution in [0.3, 0.4) is 0 Å². The summed E-state index contributed by atoms with van der Waals surface area (Å²) < 4.78 is 16.7. The fourth-order valence-corrected chi connectivity index (χ4v) is 3.32. The topological polar surface area (TPSA) is 94.8 Å². The first-order valence-corrected chi connectivity index (χ1v) is 11.5. The molecule has 34 heavy (non-hydrogen) atoms. The molecule has 0 atom stereocenters.